The number of nitrogens with zero attached hydrogens (tertiary/aromatic N) is 2. The zero-order chi connectivity index (χ0) is 15.0. The van der Waals surface area contributed by atoms with E-state index in [0.717, 1.165) is 30.8 Å². The molecule has 0 aromatic rings. The molecule has 2 unspecified atom stereocenters. The molecular formula is C15H32N4S. The Balaban J connectivity index is 2.27. The number of thioether (sulfide) groups is 1. The van der Waals surface area contributed by atoms with Crippen LogP contribution in [-0.4, -0.2) is 61.1 Å². The molecule has 2 N–H and O–H groups in total. The average Bonchev–Trinajstić information content (AvgIpc) is 2.89. The molecule has 1 saturated carbocycles. The van der Waals surface area contributed by atoms with Crippen molar-refractivity contribution in [1.82, 2.24) is 15.5 Å². The molecule has 1 aliphatic rings. The van der Waals surface area contributed by atoms with Gasteiger partial charge in [0.2, 0.25) is 0 Å². The molecule has 5 heteroatoms. The second kappa shape index (κ2) is 9.50. The van der Waals surface area contributed by atoms with Crippen LogP contribution < -0.4 is 10.6 Å². The summed E-state index contributed by atoms with van der Waals surface area (Å²) in [5.74, 6) is 0.955. The van der Waals surface area contributed by atoms with Gasteiger partial charge in [-0.25, -0.2) is 0 Å². The first-order valence-electron chi connectivity index (χ1n) is 7.84. The highest BCUT2D eigenvalue weighted by molar-refractivity contribution is 7.99. The largest absolute Gasteiger partial charge is 0.355 e. The van der Waals surface area contributed by atoms with E-state index in [9.17, 15) is 0 Å². The minimum atomic E-state index is 0.589. The van der Waals surface area contributed by atoms with Crippen LogP contribution in [0.15, 0.2) is 4.99 Å². The quantitative estimate of drug-likeness (QED) is 0.558. The predicted molar refractivity (Wildman–Crippen MR) is 91.8 cm³/mol. The lowest BCUT2D eigenvalue weighted by molar-refractivity contribution is 0.237. The van der Waals surface area contributed by atoms with Gasteiger partial charge in [0.1, 0.15) is 0 Å². The Morgan fingerprint density at radius 1 is 1.40 bits per heavy atom. The lowest BCUT2D eigenvalue weighted by atomic mass is 10.2. The number of hydrogen-bond acceptors (Lipinski definition) is 3. The molecule has 0 heterocycles. The lowest BCUT2D eigenvalue weighted by Gasteiger charge is -2.25. The van der Waals surface area contributed by atoms with Crippen LogP contribution in [0.1, 0.15) is 40.0 Å². The van der Waals surface area contributed by atoms with Gasteiger partial charge in [0.15, 0.2) is 5.96 Å². The molecule has 0 aliphatic heterocycles. The van der Waals surface area contributed by atoms with Crippen LogP contribution in [0.2, 0.25) is 0 Å². The Labute approximate surface area is 129 Å². The van der Waals surface area contributed by atoms with E-state index in [1.165, 1.54) is 19.3 Å². The van der Waals surface area contributed by atoms with Gasteiger partial charge in [0, 0.05) is 37.5 Å². The summed E-state index contributed by atoms with van der Waals surface area (Å²) in [7, 11) is 1.86. The van der Waals surface area contributed by atoms with Crippen molar-refractivity contribution in [3.63, 3.8) is 0 Å². The third-order valence-corrected chi connectivity index (χ3v) is 5.21. The molecule has 0 aromatic carbocycles. The topological polar surface area (TPSA) is 39.7 Å². The molecule has 0 spiro atoms. The summed E-state index contributed by atoms with van der Waals surface area (Å²) in [6.45, 7) is 9.82. The fraction of sp³-hybridized carbons (Fsp3) is 0.933. The van der Waals surface area contributed by atoms with Crippen molar-refractivity contribution in [2.75, 3.05) is 32.9 Å². The first kappa shape index (κ1) is 17.6. The molecule has 118 valence electrons. The van der Waals surface area contributed by atoms with Crippen LogP contribution in [0.5, 0.6) is 0 Å². The Hall–Kier alpha value is -0.420. The fourth-order valence-electron chi connectivity index (χ4n) is 2.77. The lowest BCUT2D eigenvalue weighted by Crippen LogP contribution is -2.46. The smallest absolute Gasteiger partial charge is 0.191 e. The molecule has 0 bridgehead atoms. The third-order valence-electron chi connectivity index (χ3n) is 4.11. The highest BCUT2D eigenvalue weighted by Crippen LogP contribution is 2.27. The van der Waals surface area contributed by atoms with Crippen molar-refractivity contribution in [2.24, 2.45) is 4.99 Å². The molecule has 0 radical (unpaired) electrons. The Bertz CT molecular complexity index is 294. The van der Waals surface area contributed by atoms with Gasteiger partial charge in [-0.05, 0) is 45.9 Å². The third kappa shape index (κ3) is 5.92. The maximum Gasteiger partial charge on any atom is 0.191 e. The van der Waals surface area contributed by atoms with E-state index in [-0.39, 0.29) is 0 Å². The first-order valence-corrected chi connectivity index (χ1v) is 9.13. The van der Waals surface area contributed by atoms with E-state index < -0.39 is 0 Å². The molecule has 0 saturated heterocycles. The van der Waals surface area contributed by atoms with Crippen molar-refractivity contribution in [1.29, 1.82) is 0 Å². The van der Waals surface area contributed by atoms with Crippen LogP contribution >= 0.6 is 11.8 Å². The van der Waals surface area contributed by atoms with Crippen molar-refractivity contribution < 1.29 is 0 Å². The zero-order valence-corrected chi connectivity index (χ0v) is 14.6. The average molecular weight is 301 g/mol. The SMILES string of the molecule is CCN(CCNC(=NC)NC1CCC(SC)C1)C(C)C. The molecule has 0 aromatic heterocycles. The number of likely N-dealkylation sites (N-methyl/N-ethyl adjacent to an activating group) is 1. The van der Waals surface area contributed by atoms with E-state index in [0.29, 0.717) is 12.1 Å². The second-order valence-corrected chi connectivity index (χ2v) is 6.87. The van der Waals surface area contributed by atoms with Crippen molar-refractivity contribution in [3.8, 4) is 0 Å². The Kier molecular flexibility index (Phi) is 8.38. The van der Waals surface area contributed by atoms with Crippen molar-refractivity contribution >= 4 is 17.7 Å². The number of aliphatic imine (C=N–C) groups is 1. The van der Waals surface area contributed by atoms with E-state index in [2.05, 4.69) is 47.6 Å². The highest BCUT2D eigenvalue weighted by atomic mass is 32.2. The van der Waals surface area contributed by atoms with Gasteiger partial charge in [-0.1, -0.05) is 6.92 Å². The van der Waals surface area contributed by atoms with Gasteiger partial charge in [0.05, 0.1) is 0 Å². The molecule has 0 amide bonds. The molecular weight excluding hydrogens is 268 g/mol. The van der Waals surface area contributed by atoms with Crippen molar-refractivity contribution in [3.05, 3.63) is 0 Å². The summed E-state index contributed by atoms with van der Waals surface area (Å²) in [6.07, 6.45) is 6.06. The molecule has 20 heavy (non-hydrogen) atoms. The first-order chi connectivity index (χ1) is 9.60. The van der Waals surface area contributed by atoms with E-state index in [4.69, 9.17) is 0 Å². The summed E-state index contributed by atoms with van der Waals surface area (Å²) >= 11 is 1.99. The predicted octanol–water partition coefficient (Wildman–Crippen LogP) is 2.17. The van der Waals surface area contributed by atoms with Gasteiger partial charge in [-0.3, -0.25) is 9.89 Å². The van der Waals surface area contributed by atoms with Crippen LogP contribution in [0, 0.1) is 0 Å². The van der Waals surface area contributed by atoms with Crippen LogP contribution in [0.25, 0.3) is 0 Å². The van der Waals surface area contributed by atoms with Crippen LogP contribution in [-0.2, 0) is 0 Å². The Morgan fingerprint density at radius 3 is 2.65 bits per heavy atom. The fourth-order valence-corrected chi connectivity index (χ4v) is 3.57. The van der Waals surface area contributed by atoms with E-state index in [1.807, 2.05) is 18.8 Å². The summed E-state index contributed by atoms with van der Waals surface area (Å²) in [5.41, 5.74) is 0. The highest BCUT2D eigenvalue weighted by Gasteiger charge is 2.24. The molecule has 1 fully saturated rings. The summed E-state index contributed by atoms with van der Waals surface area (Å²) in [4.78, 5) is 6.80. The van der Waals surface area contributed by atoms with Crippen LogP contribution in [0.3, 0.4) is 0 Å². The van der Waals surface area contributed by atoms with Crippen molar-refractivity contribution in [2.45, 2.75) is 57.4 Å². The minimum absolute atomic E-state index is 0.589. The standard InChI is InChI=1S/C15H32N4S/c1-6-19(12(2)3)10-9-17-15(16-4)18-13-7-8-14(11-13)20-5/h12-14H,6-11H2,1-5H3,(H2,16,17,18). The minimum Gasteiger partial charge on any atom is -0.355 e. The maximum absolute atomic E-state index is 4.34. The summed E-state index contributed by atoms with van der Waals surface area (Å²) in [5, 5.41) is 7.82. The molecule has 1 aliphatic carbocycles. The zero-order valence-electron chi connectivity index (χ0n) is 13.8. The Morgan fingerprint density at radius 2 is 2.15 bits per heavy atom. The van der Waals surface area contributed by atoms with E-state index in [1.54, 1.807) is 0 Å². The van der Waals surface area contributed by atoms with Gasteiger partial charge < -0.3 is 10.6 Å². The number of guanidine groups is 1. The van der Waals surface area contributed by atoms with Crippen LogP contribution in [0.4, 0.5) is 0 Å². The summed E-state index contributed by atoms with van der Waals surface area (Å²) in [6, 6.07) is 1.19. The molecule has 2 atom stereocenters. The van der Waals surface area contributed by atoms with Gasteiger partial charge in [-0.2, -0.15) is 11.8 Å². The number of hydrogen-bond donors (Lipinski definition) is 2. The summed E-state index contributed by atoms with van der Waals surface area (Å²) < 4.78 is 0. The molecule has 4 nitrogen and oxygen atoms in total. The number of nitrogens with one attached hydrogen (secondary N) is 2. The second-order valence-electron chi connectivity index (χ2n) is 5.73. The van der Waals surface area contributed by atoms with Gasteiger partial charge >= 0.3 is 0 Å². The maximum atomic E-state index is 4.34. The van der Waals surface area contributed by atoms with E-state index >= 15 is 0 Å². The van der Waals surface area contributed by atoms with Gasteiger partial charge in [0.25, 0.3) is 0 Å². The van der Waals surface area contributed by atoms with Gasteiger partial charge in [-0.15, -0.1) is 0 Å². The molecule has 1 rings (SSSR count). The monoisotopic (exact) mass is 300 g/mol. The normalized spacial score (nSPS) is 23.6. The number of rotatable bonds is 7.